The third-order valence-electron chi connectivity index (χ3n) is 6.77. The highest BCUT2D eigenvalue weighted by molar-refractivity contribution is 8.01. The van der Waals surface area contributed by atoms with Crippen LogP contribution in [0, 0.1) is 17.2 Å². The average Bonchev–Trinajstić information content (AvgIpc) is 3.59. The molecule has 2 fully saturated rings. The molecule has 8 heteroatoms. The van der Waals surface area contributed by atoms with Crippen LogP contribution in [0.2, 0.25) is 0 Å². The summed E-state index contributed by atoms with van der Waals surface area (Å²) in [6.07, 6.45) is 4.61. The van der Waals surface area contributed by atoms with Gasteiger partial charge in [-0.1, -0.05) is 19.1 Å². The lowest BCUT2D eigenvalue weighted by Gasteiger charge is -2.25. The van der Waals surface area contributed by atoms with E-state index in [-0.39, 0.29) is 22.6 Å². The fourth-order valence-electron chi connectivity index (χ4n) is 4.69. The molecule has 0 radical (unpaired) electrons. The van der Waals surface area contributed by atoms with Crippen LogP contribution in [-0.4, -0.2) is 77.6 Å². The van der Waals surface area contributed by atoms with E-state index in [9.17, 15) is 10.1 Å². The van der Waals surface area contributed by atoms with Gasteiger partial charge in [0.1, 0.15) is 17.2 Å². The van der Waals surface area contributed by atoms with Gasteiger partial charge < -0.3 is 19.9 Å². The van der Waals surface area contributed by atoms with Gasteiger partial charge in [0.15, 0.2) is 5.92 Å². The van der Waals surface area contributed by atoms with Crippen molar-refractivity contribution in [3.05, 3.63) is 29.8 Å². The van der Waals surface area contributed by atoms with Crippen LogP contribution in [-0.2, 0) is 16.0 Å². The molecule has 3 unspecified atom stereocenters. The normalized spacial score (nSPS) is 26.2. The van der Waals surface area contributed by atoms with Gasteiger partial charge in [0.25, 0.3) is 0 Å². The van der Waals surface area contributed by atoms with Crippen LogP contribution < -0.4 is 5.32 Å². The molecular weight excluding hydrogens is 434 g/mol. The zero-order valence-corrected chi connectivity index (χ0v) is 20.5. The molecule has 33 heavy (non-hydrogen) atoms. The smallest absolute Gasteiger partial charge is 0.238 e. The van der Waals surface area contributed by atoms with Gasteiger partial charge in [-0.05, 0) is 63.4 Å². The molecule has 0 bridgehead atoms. The summed E-state index contributed by atoms with van der Waals surface area (Å²) in [6, 6.07) is 11.0. The van der Waals surface area contributed by atoms with E-state index in [0.717, 1.165) is 25.1 Å². The Morgan fingerprint density at radius 1 is 1.27 bits per heavy atom. The van der Waals surface area contributed by atoms with Gasteiger partial charge >= 0.3 is 0 Å². The molecule has 3 aliphatic heterocycles. The van der Waals surface area contributed by atoms with Crippen LogP contribution >= 0.6 is 11.8 Å². The number of benzene rings is 1. The number of amides is 1. The molecule has 0 saturated carbocycles. The first kappa shape index (κ1) is 23.9. The van der Waals surface area contributed by atoms with E-state index in [2.05, 4.69) is 52.5 Å². The third kappa shape index (κ3) is 5.64. The molecule has 7 nitrogen and oxygen atoms in total. The highest BCUT2D eigenvalue weighted by Gasteiger charge is 2.46. The Kier molecular flexibility index (Phi) is 8.15. The first-order chi connectivity index (χ1) is 16.1. The minimum atomic E-state index is -0.532. The third-order valence-corrected chi connectivity index (χ3v) is 8.27. The summed E-state index contributed by atoms with van der Waals surface area (Å²) in [7, 11) is 0. The van der Waals surface area contributed by atoms with Crippen molar-refractivity contribution >= 4 is 29.3 Å². The molecule has 1 aromatic rings. The van der Waals surface area contributed by atoms with Crippen molar-refractivity contribution in [2.75, 3.05) is 44.6 Å². The molecule has 0 aromatic heterocycles. The topological polar surface area (TPSA) is 81.0 Å². The summed E-state index contributed by atoms with van der Waals surface area (Å²) < 4.78 is 5.74. The standard InChI is InChI=1S/C25H35N5O2S/c1-3-19-17-32-23(28-19)21(15-26)25-30(4-2)24(31)22(33-25)16-27-20-9-7-18(8-10-20)11-14-29-12-5-6-13-29/h7-10,19,21-22,25,27H,3-6,11-14,16-17H2,1-2H3/t19-,21?,22?,25?/m0/s1. The number of likely N-dealkylation sites (tertiary alicyclic amines) is 1. The number of hydrogen-bond acceptors (Lipinski definition) is 7. The summed E-state index contributed by atoms with van der Waals surface area (Å²) in [4.78, 5) is 22.0. The minimum Gasteiger partial charge on any atom is -0.478 e. The number of anilines is 1. The van der Waals surface area contributed by atoms with Gasteiger partial charge in [-0.3, -0.25) is 4.79 Å². The Morgan fingerprint density at radius 2 is 2.03 bits per heavy atom. The van der Waals surface area contributed by atoms with E-state index in [0.29, 0.717) is 25.6 Å². The fourth-order valence-corrected chi connectivity index (χ4v) is 6.19. The highest BCUT2D eigenvalue weighted by atomic mass is 32.2. The lowest BCUT2D eigenvalue weighted by molar-refractivity contribution is -0.129. The molecular formula is C25H35N5O2S. The van der Waals surface area contributed by atoms with E-state index < -0.39 is 5.92 Å². The Morgan fingerprint density at radius 3 is 2.67 bits per heavy atom. The summed E-state index contributed by atoms with van der Waals surface area (Å²) in [6.45, 7) is 9.25. The maximum atomic E-state index is 13.1. The van der Waals surface area contributed by atoms with Crippen molar-refractivity contribution in [1.29, 1.82) is 5.26 Å². The number of aliphatic imine (C=N–C) groups is 1. The predicted octanol–water partition coefficient (Wildman–Crippen LogP) is 3.37. The number of rotatable bonds is 10. The Hall–Kier alpha value is -2.24. The van der Waals surface area contributed by atoms with Gasteiger partial charge in [-0.15, -0.1) is 11.8 Å². The zero-order valence-electron chi connectivity index (χ0n) is 19.7. The van der Waals surface area contributed by atoms with Crippen LogP contribution in [0.1, 0.15) is 38.7 Å². The summed E-state index contributed by atoms with van der Waals surface area (Å²) in [5.41, 5.74) is 2.36. The van der Waals surface area contributed by atoms with Crippen molar-refractivity contribution in [2.24, 2.45) is 10.9 Å². The Balaban J connectivity index is 1.32. The molecule has 0 spiro atoms. The summed E-state index contributed by atoms with van der Waals surface area (Å²) >= 11 is 1.55. The molecule has 0 aliphatic carbocycles. The largest absolute Gasteiger partial charge is 0.478 e. The van der Waals surface area contributed by atoms with Crippen LogP contribution in [0.3, 0.4) is 0 Å². The van der Waals surface area contributed by atoms with E-state index in [4.69, 9.17) is 4.74 Å². The second kappa shape index (κ2) is 11.3. The van der Waals surface area contributed by atoms with Crippen molar-refractivity contribution in [2.45, 2.75) is 56.2 Å². The van der Waals surface area contributed by atoms with Gasteiger partial charge in [0.05, 0.1) is 12.1 Å². The van der Waals surface area contributed by atoms with E-state index >= 15 is 0 Å². The number of hydrogen-bond donors (Lipinski definition) is 1. The molecule has 1 aromatic carbocycles. The van der Waals surface area contributed by atoms with Crippen molar-refractivity contribution in [3.8, 4) is 6.07 Å². The monoisotopic (exact) mass is 469 g/mol. The number of nitrogens with one attached hydrogen (secondary N) is 1. The van der Waals surface area contributed by atoms with E-state index in [1.165, 1.54) is 31.5 Å². The lowest BCUT2D eigenvalue weighted by Crippen LogP contribution is -2.41. The van der Waals surface area contributed by atoms with Crippen LogP contribution in [0.4, 0.5) is 5.69 Å². The minimum absolute atomic E-state index is 0.0770. The zero-order chi connectivity index (χ0) is 23.2. The molecule has 178 valence electrons. The van der Waals surface area contributed by atoms with E-state index in [1.54, 1.807) is 16.7 Å². The maximum absolute atomic E-state index is 13.1. The number of carbonyl (C=O) groups is 1. The van der Waals surface area contributed by atoms with Crippen LogP contribution in [0.25, 0.3) is 0 Å². The van der Waals surface area contributed by atoms with Crippen LogP contribution in [0.15, 0.2) is 29.3 Å². The number of nitriles is 1. The molecule has 3 aliphatic rings. The number of ether oxygens (including phenoxy) is 1. The maximum Gasteiger partial charge on any atom is 0.238 e. The average molecular weight is 470 g/mol. The SMILES string of the molecule is CC[C@H]1COC(C(C#N)C2SC(CNc3ccc(CCN4CCCC4)cc3)C(=O)N2CC)=N1. The van der Waals surface area contributed by atoms with Gasteiger partial charge in [0.2, 0.25) is 11.8 Å². The van der Waals surface area contributed by atoms with E-state index in [1.807, 2.05) is 6.92 Å². The van der Waals surface area contributed by atoms with Crippen molar-refractivity contribution in [3.63, 3.8) is 0 Å². The van der Waals surface area contributed by atoms with Gasteiger partial charge in [0, 0.05) is 25.3 Å². The molecule has 2 saturated heterocycles. The van der Waals surface area contributed by atoms with Crippen molar-refractivity contribution in [1.82, 2.24) is 9.80 Å². The number of nitrogens with zero attached hydrogens (tertiary/aromatic N) is 4. The van der Waals surface area contributed by atoms with Crippen molar-refractivity contribution < 1.29 is 9.53 Å². The predicted molar refractivity (Wildman–Crippen MR) is 133 cm³/mol. The summed E-state index contributed by atoms with van der Waals surface area (Å²) in [5, 5.41) is 12.8. The number of thioether (sulfide) groups is 1. The second-order valence-electron chi connectivity index (χ2n) is 8.96. The first-order valence-corrected chi connectivity index (χ1v) is 13.2. The molecule has 4 atom stereocenters. The Bertz CT molecular complexity index is 878. The summed E-state index contributed by atoms with van der Waals surface area (Å²) in [5.74, 6) is 0.0368. The fraction of sp³-hybridized carbons (Fsp3) is 0.640. The second-order valence-corrected chi connectivity index (χ2v) is 10.3. The molecule has 4 rings (SSSR count). The molecule has 1 amide bonds. The lowest BCUT2D eigenvalue weighted by atomic mass is 10.1. The first-order valence-electron chi connectivity index (χ1n) is 12.2. The highest BCUT2D eigenvalue weighted by Crippen LogP contribution is 2.37. The van der Waals surface area contributed by atoms with Crippen LogP contribution in [0.5, 0.6) is 0 Å². The van der Waals surface area contributed by atoms with Gasteiger partial charge in [-0.25, -0.2) is 4.99 Å². The number of carbonyl (C=O) groups excluding carboxylic acids is 1. The quantitative estimate of drug-likeness (QED) is 0.566. The van der Waals surface area contributed by atoms with Gasteiger partial charge in [-0.2, -0.15) is 5.26 Å². The molecule has 1 N–H and O–H groups in total. The molecule has 3 heterocycles. The Labute approximate surface area is 201 Å².